The maximum absolute atomic E-state index is 13.5. The zero-order valence-corrected chi connectivity index (χ0v) is 36.3. The molecule has 0 radical (unpaired) electrons. The lowest BCUT2D eigenvalue weighted by Gasteiger charge is -2.17. The smallest absolute Gasteiger partial charge is 0.175 e. The molecule has 1 aromatic carbocycles. The van der Waals surface area contributed by atoms with E-state index in [9.17, 15) is 9.59 Å². The summed E-state index contributed by atoms with van der Waals surface area (Å²) >= 11 is 9.47. The van der Waals surface area contributed by atoms with Crippen molar-refractivity contribution in [2.45, 2.75) is 231 Å². The van der Waals surface area contributed by atoms with E-state index in [-0.39, 0.29) is 22.1 Å². The van der Waals surface area contributed by atoms with Crippen molar-refractivity contribution in [2.75, 3.05) is 0 Å². The van der Waals surface area contributed by atoms with E-state index in [0.717, 1.165) is 49.7 Å². The summed E-state index contributed by atoms with van der Waals surface area (Å²) in [5.41, 5.74) is 3.06. The van der Waals surface area contributed by atoms with E-state index in [0.29, 0.717) is 11.1 Å². The molecule has 0 bridgehead atoms. The first kappa shape index (κ1) is 48.8. The van der Waals surface area contributed by atoms with Crippen molar-refractivity contribution in [2.24, 2.45) is 0 Å². The number of rotatable bonds is 36. The van der Waals surface area contributed by atoms with Crippen LogP contribution in [0, 0.1) is 13.8 Å². The van der Waals surface area contributed by atoms with Gasteiger partial charge in [-0.05, 0) is 101 Å². The number of allylic oxidation sites excluding steroid dienone is 4. The number of hydrogen-bond donors (Lipinski definition) is 2. The van der Waals surface area contributed by atoms with E-state index in [1.165, 1.54) is 154 Å². The fourth-order valence-corrected chi connectivity index (χ4v) is 7.81. The Balaban J connectivity index is 2.25. The van der Waals surface area contributed by atoms with Crippen LogP contribution in [-0.2, 0) is 0 Å². The Labute approximate surface area is 334 Å². The van der Waals surface area contributed by atoms with Crippen molar-refractivity contribution >= 4 is 36.8 Å². The number of benzene rings is 1. The fourth-order valence-electron chi connectivity index (χ4n) is 7.16. The molecule has 4 heteroatoms. The minimum Gasteiger partial charge on any atom is -0.293 e. The van der Waals surface area contributed by atoms with E-state index in [2.05, 4.69) is 38.2 Å². The van der Waals surface area contributed by atoms with Crippen molar-refractivity contribution in [3.63, 3.8) is 0 Å². The van der Waals surface area contributed by atoms with Crippen LogP contribution in [0.25, 0.3) is 0 Å². The maximum Gasteiger partial charge on any atom is 0.175 e. The van der Waals surface area contributed by atoms with Gasteiger partial charge in [0.25, 0.3) is 0 Å². The zero-order chi connectivity index (χ0) is 38.1. The molecule has 1 aromatic rings. The molecule has 0 spiro atoms. The number of carbonyl (C=O) groups excluding carboxylic acids is 2. The number of thiol groups is 2. The minimum absolute atomic E-state index is 0.0512. The molecule has 298 valence electrons. The molecule has 0 amide bonds. The fraction of sp³-hybridized carbons (Fsp3) is 0.750. The Morgan fingerprint density at radius 3 is 1.04 bits per heavy atom. The lowest BCUT2D eigenvalue weighted by atomic mass is 9.90. The van der Waals surface area contributed by atoms with E-state index in [4.69, 9.17) is 25.3 Å². The van der Waals surface area contributed by atoms with Crippen molar-refractivity contribution in [1.82, 2.24) is 0 Å². The third kappa shape index (κ3) is 24.9. The summed E-state index contributed by atoms with van der Waals surface area (Å²) in [6.07, 6.45) is 46.8. The van der Waals surface area contributed by atoms with Crippen LogP contribution in [-0.4, -0.2) is 22.1 Å². The predicted octanol–water partition coefficient (Wildman–Crippen LogP) is 16.1. The first-order valence-corrected chi connectivity index (χ1v) is 23.2. The molecule has 0 aliphatic rings. The van der Waals surface area contributed by atoms with Crippen LogP contribution in [0.3, 0.4) is 0 Å². The number of hydrogen-bond acceptors (Lipinski definition) is 4. The van der Waals surface area contributed by atoms with E-state index < -0.39 is 0 Å². The molecular formula is C48H82O2S2. The highest BCUT2D eigenvalue weighted by Crippen LogP contribution is 2.26. The molecule has 2 unspecified atom stereocenters. The SMILES string of the molecule is CCCCCCCC/C=C\CCCCCCCCC(S)C(=O)c1cc(C)cc(C(=O)C(S)CCCCCCCC/C=C\CCCCCCCC)c1C. The minimum atomic E-state index is -0.326. The highest BCUT2D eigenvalue weighted by Gasteiger charge is 2.24. The molecule has 0 saturated carbocycles. The summed E-state index contributed by atoms with van der Waals surface area (Å²) in [5.74, 6) is 0.102. The molecule has 0 fully saturated rings. The van der Waals surface area contributed by atoms with Gasteiger partial charge in [0.1, 0.15) is 0 Å². The van der Waals surface area contributed by atoms with Crippen LogP contribution in [0.1, 0.15) is 238 Å². The third-order valence-electron chi connectivity index (χ3n) is 10.7. The van der Waals surface area contributed by atoms with Crippen molar-refractivity contribution in [3.8, 4) is 0 Å². The van der Waals surface area contributed by atoms with Gasteiger partial charge in [0.05, 0.1) is 10.5 Å². The first-order valence-electron chi connectivity index (χ1n) is 22.2. The summed E-state index contributed by atoms with van der Waals surface area (Å²) in [6, 6.07) is 3.89. The van der Waals surface area contributed by atoms with E-state index >= 15 is 0 Å². The second-order valence-electron chi connectivity index (χ2n) is 15.7. The van der Waals surface area contributed by atoms with Gasteiger partial charge in [0.2, 0.25) is 0 Å². The van der Waals surface area contributed by atoms with E-state index in [1.54, 1.807) is 0 Å². The van der Waals surface area contributed by atoms with Gasteiger partial charge < -0.3 is 0 Å². The van der Waals surface area contributed by atoms with Crippen molar-refractivity contribution < 1.29 is 9.59 Å². The highest BCUT2D eigenvalue weighted by atomic mass is 32.1. The average molecular weight is 755 g/mol. The van der Waals surface area contributed by atoms with Crippen LogP contribution in [0.5, 0.6) is 0 Å². The summed E-state index contributed by atoms with van der Waals surface area (Å²) in [4.78, 5) is 26.9. The van der Waals surface area contributed by atoms with Gasteiger partial charge in [0.15, 0.2) is 11.6 Å². The molecule has 0 heterocycles. The standard InChI is InChI=1S/C48H82O2S2/c1-5-7-9-11-13-15-17-19-21-23-25-27-29-31-33-35-37-45(51)47(49)43-39-41(3)40-44(42(43)4)48(50)46(52)38-36-34-32-30-28-26-24-22-20-18-16-14-12-10-8-6-2/h19-22,39-40,45-46,51-52H,5-18,23-38H2,1-4H3/b21-19-,22-20-. The number of unbranched alkanes of at least 4 members (excludes halogenated alkanes) is 24. The Morgan fingerprint density at radius 1 is 0.462 bits per heavy atom. The molecule has 0 saturated heterocycles. The number of Topliss-reactive ketones (excluding diaryl/α,β-unsaturated/α-hetero) is 2. The Bertz CT molecular complexity index is 1010. The first-order chi connectivity index (χ1) is 25.3. The van der Waals surface area contributed by atoms with Gasteiger partial charge in [-0.3, -0.25) is 9.59 Å². The number of ketones is 2. The molecular weight excluding hydrogens is 673 g/mol. The van der Waals surface area contributed by atoms with Gasteiger partial charge in [-0.25, -0.2) is 0 Å². The second kappa shape index (κ2) is 34.2. The Kier molecular flexibility index (Phi) is 32.1. The normalized spacial score (nSPS) is 13.0. The van der Waals surface area contributed by atoms with E-state index in [1.807, 2.05) is 26.0 Å². The molecule has 0 aliphatic heterocycles. The molecule has 0 aliphatic carbocycles. The molecule has 52 heavy (non-hydrogen) atoms. The maximum atomic E-state index is 13.5. The molecule has 0 N–H and O–H groups in total. The van der Waals surface area contributed by atoms with Crippen LogP contribution in [0.2, 0.25) is 0 Å². The number of aryl methyl sites for hydroxylation is 1. The summed E-state index contributed by atoms with van der Waals surface area (Å²) in [5, 5.41) is -0.652. The predicted molar refractivity (Wildman–Crippen MR) is 238 cm³/mol. The third-order valence-corrected chi connectivity index (χ3v) is 11.7. The lowest BCUT2D eigenvalue weighted by molar-refractivity contribution is 0.0985. The van der Waals surface area contributed by atoms with Gasteiger partial charge in [-0.15, -0.1) is 0 Å². The van der Waals surface area contributed by atoms with Gasteiger partial charge in [-0.2, -0.15) is 25.3 Å². The van der Waals surface area contributed by atoms with Crippen LogP contribution in [0.15, 0.2) is 36.4 Å². The monoisotopic (exact) mass is 755 g/mol. The summed E-state index contributed by atoms with van der Waals surface area (Å²) < 4.78 is 0. The van der Waals surface area contributed by atoms with Gasteiger partial charge in [-0.1, -0.05) is 167 Å². The topological polar surface area (TPSA) is 34.1 Å². The van der Waals surface area contributed by atoms with Crippen LogP contribution in [0.4, 0.5) is 0 Å². The van der Waals surface area contributed by atoms with Crippen molar-refractivity contribution in [1.29, 1.82) is 0 Å². The average Bonchev–Trinajstić information content (AvgIpc) is 3.14. The van der Waals surface area contributed by atoms with Gasteiger partial charge in [0, 0.05) is 11.1 Å². The highest BCUT2D eigenvalue weighted by molar-refractivity contribution is 7.82. The molecule has 2 atom stereocenters. The largest absolute Gasteiger partial charge is 0.293 e. The quantitative estimate of drug-likeness (QED) is 0.0310. The molecule has 2 nitrogen and oxygen atoms in total. The summed E-state index contributed by atoms with van der Waals surface area (Å²) in [7, 11) is 0. The Hall–Kier alpha value is -1.26. The Morgan fingerprint density at radius 2 is 0.731 bits per heavy atom. The molecule has 0 aromatic heterocycles. The summed E-state index contributed by atoms with van der Waals surface area (Å²) in [6.45, 7) is 8.45. The second-order valence-corrected chi connectivity index (χ2v) is 16.9. The van der Waals surface area contributed by atoms with Crippen LogP contribution >= 0.6 is 25.3 Å². The number of carbonyl (C=O) groups is 2. The molecule has 1 rings (SSSR count). The zero-order valence-electron chi connectivity index (χ0n) is 34.5. The van der Waals surface area contributed by atoms with Crippen LogP contribution < -0.4 is 0 Å². The van der Waals surface area contributed by atoms with Gasteiger partial charge >= 0.3 is 0 Å². The van der Waals surface area contributed by atoms with Crippen molar-refractivity contribution in [3.05, 3.63) is 58.7 Å². The lowest BCUT2D eigenvalue weighted by Crippen LogP contribution is -2.21.